The average molecular weight is 337 g/mol. The smallest absolute Gasteiger partial charge is 0.131 e. The van der Waals surface area contributed by atoms with Crippen molar-refractivity contribution in [1.82, 2.24) is 14.9 Å². The Labute approximate surface area is 149 Å². The van der Waals surface area contributed by atoms with Crippen LogP contribution in [0.3, 0.4) is 0 Å². The van der Waals surface area contributed by atoms with Crippen LogP contribution in [0.2, 0.25) is 0 Å². The second kappa shape index (κ2) is 7.22. The maximum atomic E-state index is 11.0. The minimum absolute atomic E-state index is 0.553. The third kappa shape index (κ3) is 3.75. The van der Waals surface area contributed by atoms with Gasteiger partial charge in [-0.15, -0.1) is 0 Å². The summed E-state index contributed by atoms with van der Waals surface area (Å²) in [4.78, 5) is 11.6. The van der Waals surface area contributed by atoms with Crippen molar-refractivity contribution in [1.29, 1.82) is 0 Å². The highest BCUT2D eigenvalue weighted by atomic mass is 16.3. The summed E-state index contributed by atoms with van der Waals surface area (Å²) in [5.74, 6) is 1.57. The summed E-state index contributed by atoms with van der Waals surface area (Å²) in [5, 5.41) is 11.0. The van der Waals surface area contributed by atoms with Gasteiger partial charge >= 0.3 is 0 Å². The van der Waals surface area contributed by atoms with Crippen LogP contribution in [-0.4, -0.2) is 33.1 Å². The Kier molecular flexibility index (Phi) is 4.82. The van der Waals surface area contributed by atoms with Gasteiger partial charge < -0.3 is 5.11 Å². The summed E-state index contributed by atoms with van der Waals surface area (Å²) in [6.07, 6.45) is 11.2. The lowest BCUT2D eigenvalue weighted by molar-refractivity contribution is 0.0453. The zero-order chi connectivity index (χ0) is 17.1. The maximum Gasteiger partial charge on any atom is 0.131 e. The Morgan fingerprint density at radius 2 is 1.76 bits per heavy atom. The standard InChI is InChI=1S/C21H27N3O/c25-21(19-9-5-2-6-10-19)11-12-24(16-21)15-17-13-22-20(23-14-17)18-7-3-1-4-8-18/h2,5-6,9-10,13-14,18,25H,1,3-4,7-8,11-12,15-16H2/t21-/m1/s1. The van der Waals surface area contributed by atoms with E-state index in [9.17, 15) is 5.11 Å². The van der Waals surface area contributed by atoms with E-state index in [2.05, 4.69) is 14.9 Å². The number of aromatic nitrogens is 2. The average Bonchev–Trinajstić information content (AvgIpc) is 3.06. The van der Waals surface area contributed by atoms with E-state index in [1.807, 2.05) is 42.7 Å². The van der Waals surface area contributed by atoms with Crippen LogP contribution in [0, 0.1) is 0 Å². The van der Waals surface area contributed by atoms with E-state index in [0.29, 0.717) is 12.5 Å². The van der Waals surface area contributed by atoms with Crippen molar-refractivity contribution in [2.24, 2.45) is 0 Å². The number of benzene rings is 1. The van der Waals surface area contributed by atoms with Crippen molar-refractivity contribution >= 4 is 0 Å². The SMILES string of the molecule is O[C@]1(c2ccccc2)CCN(Cc2cnc(C3CCCCC3)nc2)C1. The van der Waals surface area contributed by atoms with Crippen molar-refractivity contribution in [3.8, 4) is 0 Å². The Hall–Kier alpha value is -1.78. The topological polar surface area (TPSA) is 49.2 Å². The number of rotatable bonds is 4. The number of β-amino-alcohol motifs (C(OH)–C–C–N with tert-alkyl or cyclic N) is 1. The molecule has 4 rings (SSSR count). The molecule has 2 aromatic rings. The van der Waals surface area contributed by atoms with Gasteiger partial charge in [-0.2, -0.15) is 0 Å². The molecule has 4 heteroatoms. The first-order chi connectivity index (χ1) is 12.2. The highest BCUT2D eigenvalue weighted by Crippen LogP contribution is 2.33. The summed E-state index contributed by atoms with van der Waals surface area (Å²) in [6.45, 7) is 2.37. The molecule has 4 nitrogen and oxygen atoms in total. The summed E-state index contributed by atoms with van der Waals surface area (Å²) >= 11 is 0. The van der Waals surface area contributed by atoms with Gasteiger partial charge in [0.2, 0.25) is 0 Å². The molecule has 1 aliphatic heterocycles. The van der Waals surface area contributed by atoms with Crippen molar-refractivity contribution in [2.45, 2.75) is 56.6 Å². The van der Waals surface area contributed by atoms with E-state index in [1.54, 1.807) is 0 Å². The fourth-order valence-electron chi connectivity index (χ4n) is 4.27. The van der Waals surface area contributed by atoms with Crippen LogP contribution < -0.4 is 0 Å². The number of likely N-dealkylation sites (tertiary alicyclic amines) is 1. The van der Waals surface area contributed by atoms with Gasteiger partial charge in [0.1, 0.15) is 11.4 Å². The van der Waals surface area contributed by atoms with Gasteiger partial charge in [0.05, 0.1) is 0 Å². The molecule has 0 radical (unpaired) electrons. The molecule has 1 atom stereocenters. The first-order valence-electron chi connectivity index (χ1n) is 9.54. The van der Waals surface area contributed by atoms with Crippen LogP contribution in [0.15, 0.2) is 42.7 Å². The van der Waals surface area contributed by atoms with Crippen LogP contribution in [0.5, 0.6) is 0 Å². The van der Waals surface area contributed by atoms with Gasteiger partial charge in [0.15, 0.2) is 0 Å². The molecular weight excluding hydrogens is 310 g/mol. The van der Waals surface area contributed by atoms with Crippen LogP contribution in [0.25, 0.3) is 0 Å². The number of hydrogen-bond donors (Lipinski definition) is 1. The molecule has 1 N–H and O–H groups in total. The van der Waals surface area contributed by atoms with Gasteiger partial charge in [-0.3, -0.25) is 4.90 Å². The second-order valence-electron chi connectivity index (χ2n) is 7.64. The lowest BCUT2D eigenvalue weighted by atomic mass is 9.89. The minimum Gasteiger partial charge on any atom is -0.384 e. The molecule has 0 amide bonds. The van der Waals surface area contributed by atoms with E-state index in [-0.39, 0.29) is 0 Å². The van der Waals surface area contributed by atoms with Crippen LogP contribution in [-0.2, 0) is 12.1 Å². The third-order valence-electron chi connectivity index (χ3n) is 5.74. The summed E-state index contributed by atoms with van der Waals surface area (Å²) in [7, 11) is 0. The Morgan fingerprint density at radius 1 is 1.04 bits per heavy atom. The fraction of sp³-hybridized carbons (Fsp3) is 0.524. The molecule has 1 aromatic carbocycles. The molecule has 2 heterocycles. The van der Waals surface area contributed by atoms with Gasteiger partial charge in [-0.25, -0.2) is 9.97 Å². The summed E-state index contributed by atoms with van der Waals surface area (Å²) in [5.41, 5.74) is 1.42. The van der Waals surface area contributed by atoms with E-state index in [1.165, 1.54) is 32.1 Å². The zero-order valence-corrected chi connectivity index (χ0v) is 14.8. The van der Waals surface area contributed by atoms with Crippen LogP contribution in [0.4, 0.5) is 0 Å². The lowest BCUT2D eigenvalue weighted by Crippen LogP contribution is -2.30. The lowest BCUT2D eigenvalue weighted by Gasteiger charge is -2.24. The molecule has 25 heavy (non-hydrogen) atoms. The van der Waals surface area contributed by atoms with Gasteiger partial charge in [-0.1, -0.05) is 49.6 Å². The summed E-state index contributed by atoms with van der Waals surface area (Å²) < 4.78 is 0. The highest BCUT2D eigenvalue weighted by Gasteiger charge is 2.37. The van der Waals surface area contributed by atoms with E-state index < -0.39 is 5.60 Å². The normalized spacial score (nSPS) is 25.3. The number of nitrogens with zero attached hydrogens (tertiary/aromatic N) is 3. The van der Waals surface area contributed by atoms with E-state index in [4.69, 9.17) is 0 Å². The predicted molar refractivity (Wildman–Crippen MR) is 98.1 cm³/mol. The number of hydrogen-bond acceptors (Lipinski definition) is 4. The first kappa shape index (κ1) is 16.7. The predicted octanol–water partition coefficient (Wildman–Crippen LogP) is 3.62. The molecule has 0 spiro atoms. The Bertz CT molecular complexity index is 682. The molecule has 1 aliphatic carbocycles. The van der Waals surface area contributed by atoms with Crippen molar-refractivity contribution in [2.75, 3.05) is 13.1 Å². The summed E-state index contributed by atoms with van der Waals surface area (Å²) in [6, 6.07) is 10.0. The Balaban J connectivity index is 1.38. The fourth-order valence-corrected chi connectivity index (χ4v) is 4.27. The molecule has 1 saturated carbocycles. The van der Waals surface area contributed by atoms with Crippen LogP contribution >= 0.6 is 0 Å². The van der Waals surface area contributed by atoms with Gasteiger partial charge in [0, 0.05) is 43.5 Å². The molecular formula is C21H27N3O. The Morgan fingerprint density at radius 3 is 2.48 bits per heavy atom. The highest BCUT2D eigenvalue weighted by molar-refractivity contribution is 5.24. The number of aliphatic hydroxyl groups is 1. The second-order valence-corrected chi connectivity index (χ2v) is 7.64. The largest absolute Gasteiger partial charge is 0.384 e. The monoisotopic (exact) mass is 337 g/mol. The van der Waals surface area contributed by atoms with Crippen LogP contribution in [0.1, 0.15) is 61.4 Å². The quantitative estimate of drug-likeness (QED) is 0.926. The minimum atomic E-state index is -0.732. The molecule has 0 bridgehead atoms. The maximum absolute atomic E-state index is 11.0. The first-order valence-corrected chi connectivity index (χ1v) is 9.54. The zero-order valence-electron chi connectivity index (χ0n) is 14.8. The van der Waals surface area contributed by atoms with Gasteiger partial charge in [0.25, 0.3) is 0 Å². The third-order valence-corrected chi connectivity index (χ3v) is 5.74. The molecule has 0 unspecified atom stereocenters. The molecule has 132 valence electrons. The molecule has 2 fully saturated rings. The van der Waals surface area contributed by atoms with E-state index in [0.717, 1.165) is 36.5 Å². The molecule has 2 aliphatic rings. The van der Waals surface area contributed by atoms with Gasteiger partial charge in [-0.05, 0) is 24.8 Å². The van der Waals surface area contributed by atoms with Crippen molar-refractivity contribution < 1.29 is 5.11 Å². The van der Waals surface area contributed by atoms with Crippen molar-refractivity contribution in [3.05, 3.63) is 59.7 Å². The van der Waals surface area contributed by atoms with Crippen molar-refractivity contribution in [3.63, 3.8) is 0 Å². The van der Waals surface area contributed by atoms with E-state index >= 15 is 0 Å². The molecule has 1 aromatic heterocycles. The molecule has 1 saturated heterocycles.